The quantitative estimate of drug-likeness (QED) is 0.922. The predicted octanol–water partition coefficient (Wildman–Crippen LogP) is 2.53. The second-order valence-corrected chi connectivity index (χ2v) is 7.10. The van der Waals surface area contributed by atoms with Crippen molar-refractivity contribution >= 4 is 16.1 Å². The normalized spacial score (nSPS) is 14.3. The second-order valence-electron chi connectivity index (χ2n) is 5.28. The molecular formula is C17H18N2O2S. The molecule has 1 aliphatic carbocycles. The molecule has 5 heteroatoms. The first-order valence-electron chi connectivity index (χ1n) is 7.33. The van der Waals surface area contributed by atoms with Crippen molar-refractivity contribution in [2.24, 2.45) is 0 Å². The van der Waals surface area contributed by atoms with Crippen LogP contribution in [0, 0.1) is 0 Å². The van der Waals surface area contributed by atoms with Crippen molar-refractivity contribution in [3.05, 3.63) is 70.4 Å². The third kappa shape index (κ3) is 3.43. The highest BCUT2D eigenvalue weighted by atomic mass is 32.2. The molecule has 0 aliphatic heterocycles. The van der Waals surface area contributed by atoms with Gasteiger partial charge in [0.2, 0.25) is 10.0 Å². The molecule has 1 aromatic carbocycles. The Morgan fingerprint density at radius 3 is 2.68 bits per heavy atom. The van der Waals surface area contributed by atoms with Crippen molar-refractivity contribution in [3.8, 4) is 0 Å². The summed E-state index contributed by atoms with van der Waals surface area (Å²) < 4.78 is 27.4. The highest BCUT2D eigenvalue weighted by molar-refractivity contribution is 7.93. The van der Waals surface area contributed by atoms with E-state index in [0.29, 0.717) is 24.3 Å². The Morgan fingerprint density at radius 1 is 1.05 bits per heavy atom. The second kappa shape index (κ2) is 6.42. The Labute approximate surface area is 131 Å². The smallest absolute Gasteiger partial charge is 0.236 e. The molecular weight excluding hydrogens is 296 g/mol. The Bertz CT molecular complexity index is 783. The third-order valence-electron chi connectivity index (χ3n) is 3.76. The maximum atomic E-state index is 12.4. The maximum absolute atomic E-state index is 12.4. The van der Waals surface area contributed by atoms with Crippen LogP contribution in [0.3, 0.4) is 0 Å². The fraction of sp³-hybridized carbons (Fsp3) is 0.235. The molecule has 3 rings (SSSR count). The van der Waals surface area contributed by atoms with Crippen LogP contribution in [0.5, 0.6) is 0 Å². The van der Waals surface area contributed by atoms with E-state index in [2.05, 4.69) is 9.71 Å². The van der Waals surface area contributed by atoms with Gasteiger partial charge in [-0.25, -0.2) is 13.1 Å². The van der Waals surface area contributed by atoms with Crippen molar-refractivity contribution in [2.45, 2.75) is 19.3 Å². The molecule has 1 aliphatic rings. The van der Waals surface area contributed by atoms with Gasteiger partial charge in [0.25, 0.3) is 0 Å². The lowest BCUT2D eigenvalue weighted by Crippen LogP contribution is -2.28. The SMILES string of the molecule is O=S(=O)(NCCc1ccccn1)C1=Cc2ccccc2CC1. The lowest BCUT2D eigenvalue weighted by Gasteiger charge is -2.17. The van der Waals surface area contributed by atoms with E-state index in [-0.39, 0.29) is 0 Å². The van der Waals surface area contributed by atoms with E-state index in [9.17, 15) is 8.42 Å². The summed E-state index contributed by atoms with van der Waals surface area (Å²) in [6.07, 6.45) is 5.40. The van der Waals surface area contributed by atoms with Gasteiger partial charge < -0.3 is 0 Å². The van der Waals surface area contributed by atoms with Crippen LogP contribution in [-0.2, 0) is 22.9 Å². The lowest BCUT2D eigenvalue weighted by molar-refractivity contribution is 0.585. The number of aryl methyl sites for hydroxylation is 1. The van der Waals surface area contributed by atoms with E-state index in [1.807, 2.05) is 42.5 Å². The Hall–Kier alpha value is -1.98. The zero-order chi connectivity index (χ0) is 15.4. The summed E-state index contributed by atoms with van der Waals surface area (Å²) in [5.41, 5.74) is 3.09. The van der Waals surface area contributed by atoms with Gasteiger partial charge in [-0.3, -0.25) is 4.98 Å². The van der Waals surface area contributed by atoms with Gasteiger partial charge in [-0.15, -0.1) is 0 Å². The Morgan fingerprint density at radius 2 is 1.86 bits per heavy atom. The van der Waals surface area contributed by atoms with E-state index < -0.39 is 10.0 Å². The van der Waals surface area contributed by atoms with Crippen molar-refractivity contribution in [3.63, 3.8) is 0 Å². The number of hydrogen-bond acceptors (Lipinski definition) is 3. The number of aromatic nitrogens is 1. The Kier molecular flexibility index (Phi) is 4.36. The van der Waals surface area contributed by atoms with E-state index in [1.54, 1.807) is 12.3 Å². The molecule has 1 N–H and O–H groups in total. The van der Waals surface area contributed by atoms with Gasteiger partial charge in [0.15, 0.2) is 0 Å². The van der Waals surface area contributed by atoms with Crippen molar-refractivity contribution in [1.82, 2.24) is 9.71 Å². The number of pyridine rings is 1. The van der Waals surface area contributed by atoms with Crippen molar-refractivity contribution in [2.75, 3.05) is 6.54 Å². The Balaban J connectivity index is 1.68. The van der Waals surface area contributed by atoms with Crippen LogP contribution in [-0.4, -0.2) is 19.9 Å². The lowest BCUT2D eigenvalue weighted by atomic mass is 9.98. The van der Waals surface area contributed by atoms with Gasteiger partial charge in [-0.2, -0.15) is 0 Å². The number of nitrogens with zero attached hydrogens (tertiary/aromatic N) is 1. The minimum atomic E-state index is -3.41. The highest BCUT2D eigenvalue weighted by Crippen LogP contribution is 2.26. The molecule has 2 aromatic rings. The van der Waals surface area contributed by atoms with Gasteiger partial charge in [-0.1, -0.05) is 30.3 Å². The number of hydrogen-bond donors (Lipinski definition) is 1. The summed E-state index contributed by atoms with van der Waals surface area (Å²) in [5.74, 6) is 0. The maximum Gasteiger partial charge on any atom is 0.236 e. The molecule has 0 spiro atoms. The van der Waals surface area contributed by atoms with Gasteiger partial charge in [0.05, 0.1) is 4.91 Å². The molecule has 0 saturated heterocycles. The molecule has 114 valence electrons. The topological polar surface area (TPSA) is 59.1 Å². The monoisotopic (exact) mass is 314 g/mol. The minimum absolute atomic E-state index is 0.359. The first kappa shape index (κ1) is 14.9. The third-order valence-corrected chi connectivity index (χ3v) is 5.35. The zero-order valence-electron chi connectivity index (χ0n) is 12.2. The summed E-state index contributed by atoms with van der Waals surface area (Å²) in [6, 6.07) is 13.6. The number of benzene rings is 1. The summed E-state index contributed by atoms with van der Waals surface area (Å²) in [7, 11) is -3.41. The molecule has 0 amide bonds. The van der Waals surface area contributed by atoms with Crippen LogP contribution < -0.4 is 4.72 Å². The van der Waals surface area contributed by atoms with Gasteiger partial charge in [0.1, 0.15) is 0 Å². The van der Waals surface area contributed by atoms with Crippen LogP contribution in [0.15, 0.2) is 53.6 Å². The number of allylic oxidation sites excluding steroid dienone is 1. The van der Waals surface area contributed by atoms with Crippen LogP contribution in [0.25, 0.3) is 6.08 Å². The fourth-order valence-corrected chi connectivity index (χ4v) is 3.78. The van der Waals surface area contributed by atoms with Crippen molar-refractivity contribution in [1.29, 1.82) is 0 Å². The van der Waals surface area contributed by atoms with Gasteiger partial charge in [0, 0.05) is 24.9 Å². The zero-order valence-corrected chi connectivity index (χ0v) is 13.0. The van der Waals surface area contributed by atoms with E-state index >= 15 is 0 Å². The minimum Gasteiger partial charge on any atom is -0.261 e. The number of fused-ring (bicyclic) bond motifs is 1. The predicted molar refractivity (Wildman–Crippen MR) is 87.6 cm³/mol. The van der Waals surface area contributed by atoms with Crippen LogP contribution in [0.1, 0.15) is 23.2 Å². The molecule has 0 atom stereocenters. The molecule has 0 bridgehead atoms. The largest absolute Gasteiger partial charge is 0.261 e. The summed E-state index contributed by atoms with van der Waals surface area (Å²) in [6.45, 7) is 0.359. The molecule has 0 fully saturated rings. The standard InChI is InChI=1S/C17H18N2O2S/c20-22(21,19-12-10-16-7-3-4-11-18-16)17-9-8-14-5-1-2-6-15(14)13-17/h1-7,11,13,19H,8-10,12H2. The first-order valence-corrected chi connectivity index (χ1v) is 8.81. The first-order chi connectivity index (χ1) is 10.6. The molecule has 1 heterocycles. The van der Waals surface area contributed by atoms with Crippen LogP contribution in [0.4, 0.5) is 0 Å². The number of sulfonamides is 1. The van der Waals surface area contributed by atoms with Crippen LogP contribution in [0.2, 0.25) is 0 Å². The van der Waals surface area contributed by atoms with Gasteiger partial charge >= 0.3 is 0 Å². The van der Waals surface area contributed by atoms with Crippen LogP contribution >= 0.6 is 0 Å². The molecule has 1 aromatic heterocycles. The summed E-state index contributed by atoms with van der Waals surface area (Å²) in [5, 5.41) is 0. The van der Waals surface area contributed by atoms with E-state index in [0.717, 1.165) is 17.7 Å². The summed E-state index contributed by atoms with van der Waals surface area (Å²) in [4.78, 5) is 4.66. The fourth-order valence-electron chi connectivity index (χ4n) is 2.57. The molecule has 0 radical (unpaired) electrons. The number of rotatable bonds is 5. The molecule has 0 saturated carbocycles. The highest BCUT2D eigenvalue weighted by Gasteiger charge is 2.21. The van der Waals surface area contributed by atoms with E-state index in [1.165, 1.54) is 5.56 Å². The molecule has 22 heavy (non-hydrogen) atoms. The average Bonchev–Trinajstić information content (AvgIpc) is 2.55. The molecule has 0 unspecified atom stereocenters. The average molecular weight is 314 g/mol. The number of nitrogens with one attached hydrogen (secondary N) is 1. The van der Waals surface area contributed by atoms with Gasteiger partial charge in [-0.05, 0) is 42.2 Å². The van der Waals surface area contributed by atoms with Crippen molar-refractivity contribution < 1.29 is 8.42 Å². The molecule has 4 nitrogen and oxygen atoms in total. The summed E-state index contributed by atoms with van der Waals surface area (Å²) >= 11 is 0. The van der Waals surface area contributed by atoms with E-state index in [4.69, 9.17) is 0 Å².